The topological polar surface area (TPSA) is 41.6 Å². The molecule has 0 amide bonds. The summed E-state index contributed by atoms with van der Waals surface area (Å²) in [6.07, 6.45) is 4.83. The van der Waals surface area contributed by atoms with E-state index in [1.165, 1.54) is 17.2 Å². The summed E-state index contributed by atoms with van der Waals surface area (Å²) in [6, 6.07) is 14.6. The summed E-state index contributed by atoms with van der Waals surface area (Å²) < 4.78 is 0. The molecular weight excluding hydrogens is 258 g/mol. The maximum atomic E-state index is 5.87. The number of allylic oxidation sites excluding steroid dienone is 2. The number of likely N-dealkylation sites (tertiary alicyclic amines) is 1. The Morgan fingerprint density at radius 1 is 1.14 bits per heavy atom. The molecule has 1 heterocycles. The fourth-order valence-electron chi connectivity index (χ4n) is 2.32. The Bertz CT molecular complexity index is 724. The molecule has 3 nitrogen and oxygen atoms in total. The van der Waals surface area contributed by atoms with Gasteiger partial charge in [-0.3, -0.25) is 0 Å². The monoisotopic (exact) mass is 277 g/mol. The van der Waals surface area contributed by atoms with Crippen molar-refractivity contribution in [3.05, 3.63) is 66.9 Å². The predicted molar refractivity (Wildman–Crippen MR) is 89.9 cm³/mol. The molecule has 21 heavy (non-hydrogen) atoms. The lowest BCUT2D eigenvalue weighted by Gasteiger charge is -2.31. The van der Waals surface area contributed by atoms with Crippen molar-refractivity contribution in [2.75, 3.05) is 13.1 Å². The molecule has 0 aliphatic carbocycles. The van der Waals surface area contributed by atoms with Gasteiger partial charge < -0.3 is 10.6 Å². The van der Waals surface area contributed by atoms with E-state index in [9.17, 15) is 0 Å². The first-order chi connectivity index (χ1) is 10.2. The smallest absolute Gasteiger partial charge is 0.195 e. The lowest BCUT2D eigenvalue weighted by Crippen LogP contribution is -2.46. The lowest BCUT2D eigenvalue weighted by molar-refractivity contribution is 0.296. The maximum absolute atomic E-state index is 5.87. The molecule has 0 bridgehead atoms. The van der Waals surface area contributed by atoms with Gasteiger partial charge in [0.2, 0.25) is 0 Å². The van der Waals surface area contributed by atoms with Crippen LogP contribution in [0.15, 0.2) is 66.3 Å². The number of hydrogen-bond donors (Lipinski definition) is 1. The van der Waals surface area contributed by atoms with Crippen molar-refractivity contribution in [3.8, 4) is 0 Å². The maximum Gasteiger partial charge on any atom is 0.195 e. The van der Waals surface area contributed by atoms with E-state index in [2.05, 4.69) is 46.8 Å². The summed E-state index contributed by atoms with van der Waals surface area (Å²) in [5.74, 6) is 0.587. The van der Waals surface area contributed by atoms with Crippen LogP contribution in [0, 0.1) is 0 Å². The fourth-order valence-corrected chi connectivity index (χ4v) is 2.32. The van der Waals surface area contributed by atoms with Crippen molar-refractivity contribution in [2.45, 2.75) is 6.42 Å². The van der Waals surface area contributed by atoms with E-state index in [0.717, 1.165) is 24.2 Å². The molecule has 2 N–H and O–H groups in total. The molecule has 0 atom stereocenters. The van der Waals surface area contributed by atoms with E-state index in [-0.39, 0.29) is 0 Å². The normalized spacial score (nSPS) is 15.4. The highest BCUT2D eigenvalue weighted by Gasteiger charge is 2.14. The standard InChI is InChI=1S/C18H19N3/c1-14(9-10-20-18(19)21-11-4-12-21)16-8-7-15-5-2-3-6-17(15)13-16/h2-3,5-10,13H,1,4,11-12H2,(H2,19,20)/b10-9-. The van der Waals surface area contributed by atoms with Crippen LogP contribution in [0.25, 0.3) is 16.3 Å². The number of nitrogens with two attached hydrogens (primary N) is 1. The molecule has 3 heteroatoms. The summed E-state index contributed by atoms with van der Waals surface area (Å²) >= 11 is 0. The average molecular weight is 277 g/mol. The summed E-state index contributed by atoms with van der Waals surface area (Å²) in [5.41, 5.74) is 7.90. The molecule has 1 aliphatic rings. The van der Waals surface area contributed by atoms with Gasteiger partial charge in [-0.1, -0.05) is 43.0 Å². The summed E-state index contributed by atoms with van der Waals surface area (Å²) in [6.45, 7) is 6.11. The second kappa shape index (κ2) is 5.83. The van der Waals surface area contributed by atoms with E-state index < -0.39 is 0 Å². The minimum atomic E-state index is 0.587. The lowest BCUT2D eigenvalue weighted by atomic mass is 10.0. The Balaban J connectivity index is 1.74. The summed E-state index contributed by atoms with van der Waals surface area (Å²) in [7, 11) is 0. The first-order valence-corrected chi connectivity index (χ1v) is 7.17. The van der Waals surface area contributed by atoms with Crippen LogP contribution >= 0.6 is 0 Å². The van der Waals surface area contributed by atoms with Crippen molar-refractivity contribution < 1.29 is 0 Å². The number of fused-ring (bicyclic) bond motifs is 1. The van der Waals surface area contributed by atoms with Gasteiger partial charge in [-0.2, -0.15) is 0 Å². The Hall–Kier alpha value is -2.55. The van der Waals surface area contributed by atoms with Gasteiger partial charge in [-0.15, -0.1) is 0 Å². The molecule has 0 spiro atoms. The highest BCUT2D eigenvalue weighted by molar-refractivity contribution is 5.87. The van der Waals surface area contributed by atoms with Crippen LogP contribution in [-0.2, 0) is 0 Å². The average Bonchev–Trinajstić information content (AvgIpc) is 2.44. The number of guanidine groups is 1. The van der Waals surface area contributed by atoms with E-state index in [0.29, 0.717) is 5.96 Å². The quantitative estimate of drug-likeness (QED) is 0.531. The Morgan fingerprint density at radius 3 is 2.62 bits per heavy atom. The third kappa shape index (κ3) is 2.97. The van der Waals surface area contributed by atoms with Crippen LogP contribution < -0.4 is 5.73 Å². The van der Waals surface area contributed by atoms with Gasteiger partial charge in [-0.25, -0.2) is 4.99 Å². The van der Waals surface area contributed by atoms with E-state index in [4.69, 9.17) is 5.73 Å². The van der Waals surface area contributed by atoms with Crippen LogP contribution in [0.1, 0.15) is 12.0 Å². The zero-order valence-corrected chi connectivity index (χ0v) is 12.0. The Morgan fingerprint density at radius 2 is 1.90 bits per heavy atom. The van der Waals surface area contributed by atoms with Gasteiger partial charge in [-0.05, 0) is 40.5 Å². The van der Waals surface area contributed by atoms with Gasteiger partial charge in [0.15, 0.2) is 5.96 Å². The molecule has 3 rings (SSSR count). The predicted octanol–water partition coefficient (Wildman–Crippen LogP) is 3.39. The van der Waals surface area contributed by atoms with Crippen LogP contribution in [0.4, 0.5) is 0 Å². The first kappa shape index (κ1) is 13.4. The van der Waals surface area contributed by atoms with Gasteiger partial charge >= 0.3 is 0 Å². The number of hydrogen-bond acceptors (Lipinski definition) is 1. The minimum absolute atomic E-state index is 0.587. The number of nitrogens with zero attached hydrogens (tertiary/aromatic N) is 2. The van der Waals surface area contributed by atoms with Crippen molar-refractivity contribution in [2.24, 2.45) is 10.7 Å². The molecule has 0 radical (unpaired) electrons. The van der Waals surface area contributed by atoms with Gasteiger partial charge in [0.1, 0.15) is 0 Å². The molecule has 2 aromatic carbocycles. The van der Waals surface area contributed by atoms with E-state index in [1.807, 2.05) is 18.2 Å². The molecule has 1 saturated heterocycles. The van der Waals surface area contributed by atoms with Crippen LogP contribution in [0.3, 0.4) is 0 Å². The first-order valence-electron chi connectivity index (χ1n) is 7.17. The molecule has 2 aromatic rings. The van der Waals surface area contributed by atoms with Crippen LogP contribution in [0.2, 0.25) is 0 Å². The Labute approximate surface area is 125 Å². The third-order valence-corrected chi connectivity index (χ3v) is 3.78. The molecule has 0 saturated carbocycles. The molecule has 106 valence electrons. The largest absolute Gasteiger partial charge is 0.370 e. The SMILES string of the molecule is C=C(/C=C\N=C(N)N1CCC1)c1ccc2ccccc2c1. The van der Waals surface area contributed by atoms with Crippen molar-refractivity contribution >= 4 is 22.3 Å². The molecule has 1 aliphatic heterocycles. The second-order valence-corrected chi connectivity index (χ2v) is 5.23. The van der Waals surface area contributed by atoms with Crippen LogP contribution in [0.5, 0.6) is 0 Å². The minimum Gasteiger partial charge on any atom is -0.370 e. The van der Waals surface area contributed by atoms with Crippen LogP contribution in [-0.4, -0.2) is 23.9 Å². The van der Waals surface area contributed by atoms with Gasteiger partial charge in [0, 0.05) is 19.3 Å². The highest BCUT2D eigenvalue weighted by atomic mass is 15.3. The second-order valence-electron chi connectivity index (χ2n) is 5.23. The zero-order chi connectivity index (χ0) is 14.7. The van der Waals surface area contributed by atoms with Crippen molar-refractivity contribution in [3.63, 3.8) is 0 Å². The molecular formula is C18H19N3. The Kier molecular flexibility index (Phi) is 3.73. The summed E-state index contributed by atoms with van der Waals surface area (Å²) in [4.78, 5) is 6.31. The molecule has 0 aromatic heterocycles. The number of rotatable bonds is 3. The van der Waals surface area contributed by atoms with Gasteiger partial charge in [0.25, 0.3) is 0 Å². The molecule has 0 unspecified atom stereocenters. The van der Waals surface area contributed by atoms with Crippen molar-refractivity contribution in [1.82, 2.24) is 4.90 Å². The van der Waals surface area contributed by atoms with Crippen molar-refractivity contribution in [1.29, 1.82) is 0 Å². The van der Waals surface area contributed by atoms with E-state index in [1.54, 1.807) is 6.20 Å². The third-order valence-electron chi connectivity index (χ3n) is 3.78. The fraction of sp³-hybridized carbons (Fsp3) is 0.167. The number of benzene rings is 2. The highest BCUT2D eigenvalue weighted by Crippen LogP contribution is 2.21. The zero-order valence-electron chi connectivity index (χ0n) is 12.0. The van der Waals surface area contributed by atoms with E-state index >= 15 is 0 Å². The number of aliphatic imine (C=N–C) groups is 1. The summed E-state index contributed by atoms with van der Waals surface area (Å²) in [5, 5.41) is 2.45. The van der Waals surface area contributed by atoms with Gasteiger partial charge in [0.05, 0.1) is 0 Å². The molecule has 1 fully saturated rings.